The molecule has 0 amide bonds. The second kappa shape index (κ2) is 4.80. The molecular weight excluding hydrogens is 221 g/mol. The minimum atomic E-state index is -0.840. The van der Waals surface area contributed by atoms with Gasteiger partial charge in [0.05, 0.1) is 34.4 Å². The summed E-state index contributed by atoms with van der Waals surface area (Å²) in [7, 11) is 5.64. The summed E-state index contributed by atoms with van der Waals surface area (Å²) in [6.07, 6.45) is 1.01. The van der Waals surface area contributed by atoms with Gasteiger partial charge in [-0.25, -0.2) is 0 Å². The maximum Gasteiger partial charge on any atom is 0.205 e. The normalized spacial score (nSPS) is 18.7. The van der Waals surface area contributed by atoms with Gasteiger partial charge in [-0.05, 0) is 18.6 Å². The monoisotopic (exact) mass is 240 g/mol. The molecule has 0 unspecified atom stereocenters. The zero-order chi connectivity index (χ0) is 11.6. The third-order valence-corrected chi connectivity index (χ3v) is 4.05. The summed E-state index contributed by atoms with van der Waals surface area (Å²) >= 11 is 0. The first kappa shape index (κ1) is 12.0. The van der Waals surface area contributed by atoms with E-state index in [0.29, 0.717) is 0 Å². The Bertz CT molecular complexity index is 356. The number of quaternary nitrogens is 1. The maximum atomic E-state index is 5.67. The molecule has 1 saturated heterocycles. The Balaban J connectivity index is 2.21. The highest BCUT2D eigenvalue weighted by atomic mass is 31.2. The quantitative estimate of drug-likeness (QED) is 0.583. The van der Waals surface area contributed by atoms with E-state index in [4.69, 9.17) is 9.05 Å². The van der Waals surface area contributed by atoms with Crippen molar-refractivity contribution in [2.45, 2.75) is 6.42 Å². The summed E-state index contributed by atoms with van der Waals surface area (Å²) < 4.78 is 12.2. The highest BCUT2D eigenvalue weighted by Crippen LogP contribution is 2.40. The first-order valence-electron chi connectivity index (χ1n) is 5.55. The summed E-state index contributed by atoms with van der Waals surface area (Å²) in [5.74, 6) is 0. The Morgan fingerprint density at radius 1 is 1.12 bits per heavy atom. The van der Waals surface area contributed by atoms with Crippen molar-refractivity contribution in [3.05, 3.63) is 24.3 Å². The lowest BCUT2D eigenvalue weighted by atomic mass is 10.3. The number of hydrogen-bond donors (Lipinski definition) is 0. The van der Waals surface area contributed by atoms with Crippen molar-refractivity contribution < 1.29 is 9.05 Å². The Hall–Kier alpha value is -0.470. The lowest BCUT2D eigenvalue weighted by Crippen LogP contribution is -2.35. The highest BCUT2D eigenvalue weighted by molar-refractivity contribution is 7.56. The molecule has 0 saturated carbocycles. The average molecular weight is 240 g/mol. The molecule has 2 rings (SSSR count). The van der Waals surface area contributed by atoms with Crippen LogP contribution in [0, 0.1) is 0 Å². The molecule has 0 spiro atoms. The zero-order valence-electron chi connectivity index (χ0n) is 10.1. The van der Waals surface area contributed by atoms with Gasteiger partial charge in [0.2, 0.25) is 8.38 Å². The van der Waals surface area contributed by atoms with Crippen LogP contribution in [0.25, 0.3) is 0 Å². The van der Waals surface area contributed by atoms with Crippen LogP contribution in [0.5, 0.6) is 0 Å². The molecule has 1 aromatic rings. The molecule has 88 valence electrons. The van der Waals surface area contributed by atoms with Crippen molar-refractivity contribution in [1.82, 2.24) is 4.48 Å². The molecule has 1 aliphatic heterocycles. The van der Waals surface area contributed by atoms with Crippen LogP contribution in [-0.2, 0) is 9.05 Å². The molecule has 0 bridgehead atoms. The van der Waals surface area contributed by atoms with Crippen LogP contribution in [0.2, 0.25) is 0 Å². The van der Waals surface area contributed by atoms with Crippen LogP contribution in [0.1, 0.15) is 6.42 Å². The Kier molecular flexibility index (Phi) is 3.60. The molecule has 16 heavy (non-hydrogen) atoms. The van der Waals surface area contributed by atoms with Crippen LogP contribution >= 0.6 is 8.38 Å². The third-order valence-electron chi connectivity index (χ3n) is 2.52. The molecule has 1 heterocycles. The van der Waals surface area contributed by atoms with Crippen molar-refractivity contribution in [3.8, 4) is 0 Å². The van der Waals surface area contributed by atoms with Crippen molar-refractivity contribution in [2.75, 3.05) is 34.4 Å². The summed E-state index contributed by atoms with van der Waals surface area (Å²) in [6.45, 7) is 1.64. The fourth-order valence-corrected chi connectivity index (χ4v) is 2.97. The van der Waals surface area contributed by atoms with Crippen LogP contribution < -0.4 is 9.79 Å². The predicted molar refractivity (Wildman–Crippen MR) is 69.1 cm³/mol. The molecule has 1 aliphatic rings. The molecule has 0 N–H and O–H groups in total. The fourth-order valence-electron chi connectivity index (χ4n) is 1.56. The van der Waals surface area contributed by atoms with Gasteiger partial charge in [0.1, 0.15) is 5.69 Å². The number of hydrogen-bond acceptors (Lipinski definition) is 2. The van der Waals surface area contributed by atoms with Crippen molar-refractivity contribution in [1.29, 1.82) is 0 Å². The second-order valence-corrected chi connectivity index (χ2v) is 6.36. The van der Waals surface area contributed by atoms with Gasteiger partial charge in [0.15, 0.2) is 0 Å². The van der Waals surface area contributed by atoms with E-state index >= 15 is 0 Å². The topological polar surface area (TPSA) is 18.5 Å². The third kappa shape index (κ3) is 2.80. The van der Waals surface area contributed by atoms with E-state index in [1.54, 1.807) is 0 Å². The Morgan fingerprint density at radius 2 is 1.81 bits per heavy atom. The van der Waals surface area contributed by atoms with Gasteiger partial charge in [-0.2, -0.15) is 0 Å². The van der Waals surface area contributed by atoms with E-state index in [2.05, 4.69) is 45.4 Å². The minimum Gasteiger partial charge on any atom is -0.331 e. The summed E-state index contributed by atoms with van der Waals surface area (Å²) in [4.78, 5) is 0. The molecule has 4 heteroatoms. The van der Waals surface area contributed by atoms with Crippen molar-refractivity contribution >= 4 is 19.4 Å². The molecule has 0 radical (unpaired) electrons. The maximum absolute atomic E-state index is 5.67. The molecule has 1 fully saturated rings. The lowest BCUT2D eigenvalue weighted by Gasteiger charge is -2.26. The number of benzene rings is 1. The van der Waals surface area contributed by atoms with Gasteiger partial charge in [-0.15, -0.1) is 0 Å². The summed E-state index contributed by atoms with van der Waals surface area (Å²) in [5, 5.41) is 1.18. The van der Waals surface area contributed by atoms with E-state index < -0.39 is 8.38 Å². The summed E-state index contributed by atoms with van der Waals surface area (Å²) in [5.41, 5.74) is 1.28. The molecule has 0 atom stereocenters. The molecular formula is C12H19NO2P+. The van der Waals surface area contributed by atoms with E-state index in [1.165, 1.54) is 11.0 Å². The molecule has 0 aliphatic carbocycles. The van der Waals surface area contributed by atoms with Gasteiger partial charge in [0, 0.05) is 11.4 Å². The van der Waals surface area contributed by atoms with Crippen LogP contribution in [0.15, 0.2) is 24.3 Å². The van der Waals surface area contributed by atoms with Crippen LogP contribution in [0.3, 0.4) is 0 Å². The van der Waals surface area contributed by atoms with E-state index in [-0.39, 0.29) is 0 Å². The van der Waals surface area contributed by atoms with Gasteiger partial charge < -0.3 is 9.05 Å². The van der Waals surface area contributed by atoms with E-state index in [0.717, 1.165) is 24.1 Å². The van der Waals surface area contributed by atoms with Gasteiger partial charge >= 0.3 is 0 Å². The van der Waals surface area contributed by atoms with Gasteiger partial charge in [-0.1, -0.05) is 6.07 Å². The number of nitrogens with zero attached hydrogens (tertiary/aromatic N) is 1. The fraction of sp³-hybridized carbons (Fsp3) is 0.500. The largest absolute Gasteiger partial charge is 0.331 e. The first-order chi connectivity index (χ1) is 7.57. The van der Waals surface area contributed by atoms with E-state index in [9.17, 15) is 0 Å². The van der Waals surface area contributed by atoms with Crippen LogP contribution in [-0.4, -0.2) is 34.4 Å². The van der Waals surface area contributed by atoms with Gasteiger partial charge in [0.25, 0.3) is 0 Å². The first-order valence-corrected chi connectivity index (χ1v) is 6.73. The van der Waals surface area contributed by atoms with Gasteiger partial charge in [-0.3, -0.25) is 4.48 Å². The average Bonchev–Trinajstić information content (AvgIpc) is 2.29. The second-order valence-electron chi connectivity index (χ2n) is 4.81. The minimum absolute atomic E-state index is 0.816. The molecule has 3 nitrogen and oxygen atoms in total. The molecule has 0 aromatic heterocycles. The van der Waals surface area contributed by atoms with Crippen molar-refractivity contribution in [2.24, 2.45) is 0 Å². The lowest BCUT2D eigenvalue weighted by molar-refractivity contribution is 0.188. The molecule has 1 aromatic carbocycles. The van der Waals surface area contributed by atoms with E-state index in [1.807, 2.05) is 0 Å². The summed E-state index contributed by atoms with van der Waals surface area (Å²) in [6, 6.07) is 8.51. The van der Waals surface area contributed by atoms with Crippen LogP contribution in [0.4, 0.5) is 5.69 Å². The predicted octanol–water partition coefficient (Wildman–Crippen LogP) is 2.26. The smallest absolute Gasteiger partial charge is 0.205 e. The Labute approximate surface area is 98.5 Å². The van der Waals surface area contributed by atoms with Crippen molar-refractivity contribution in [3.63, 3.8) is 0 Å². The zero-order valence-corrected chi connectivity index (χ0v) is 11.0. The number of rotatable bonds is 2. The standard InChI is InChI=1S/C12H19NO2P/c1-13(2,3)11-6-4-7-12(10-11)16-14-8-5-9-15-16/h4,6-7,10H,5,8-9H2,1-3H3/q+1. The highest BCUT2D eigenvalue weighted by Gasteiger charge is 2.20. The SMILES string of the molecule is C[N+](C)(C)c1cccc(P2OCCCO2)c1. The Morgan fingerprint density at radius 3 is 2.44 bits per heavy atom.